The van der Waals surface area contributed by atoms with Gasteiger partial charge in [-0.2, -0.15) is 0 Å². The van der Waals surface area contributed by atoms with Gasteiger partial charge in [0.1, 0.15) is 23.5 Å². The van der Waals surface area contributed by atoms with Gasteiger partial charge in [0.2, 0.25) is 0 Å². The minimum atomic E-state index is -0.970. The van der Waals surface area contributed by atoms with E-state index >= 15 is 0 Å². The second kappa shape index (κ2) is 4.05. The highest BCUT2D eigenvalue weighted by Crippen LogP contribution is 2.50. The third kappa shape index (κ3) is 1.64. The molecule has 1 N–H and O–H groups in total. The average Bonchev–Trinajstić information content (AvgIpc) is 2.86. The van der Waals surface area contributed by atoms with E-state index < -0.39 is 5.97 Å². The number of rotatable bonds is 2. The second-order valence-electron chi connectivity index (χ2n) is 5.09. The standard InChI is InChI=1S/C14H16O5/c1-6-4-8-10(14(15)16)11-9(5-7(2)18-11)12(17-3)13(8)19-6/h6-7H,4-5H2,1-3H3,(H,15,16). The van der Waals surface area contributed by atoms with Crippen LogP contribution in [0.2, 0.25) is 0 Å². The van der Waals surface area contributed by atoms with E-state index in [-0.39, 0.29) is 17.8 Å². The van der Waals surface area contributed by atoms with Crippen LogP contribution in [0.1, 0.15) is 35.3 Å². The van der Waals surface area contributed by atoms with Crippen LogP contribution in [0, 0.1) is 0 Å². The Hall–Kier alpha value is -1.91. The van der Waals surface area contributed by atoms with Crippen molar-refractivity contribution in [3.8, 4) is 17.2 Å². The summed E-state index contributed by atoms with van der Waals surface area (Å²) in [7, 11) is 1.58. The molecule has 0 amide bonds. The van der Waals surface area contributed by atoms with Crippen LogP contribution in [-0.2, 0) is 12.8 Å². The Bertz CT molecular complexity index is 524. The van der Waals surface area contributed by atoms with Crippen molar-refractivity contribution in [2.24, 2.45) is 0 Å². The number of hydrogen-bond acceptors (Lipinski definition) is 4. The minimum Gasteiger partial charge on any atom is -0.492 e. The fraction of sp³-hybridized carbons (Fsp3) is 0.500. The first-order valence-electron chi connectivity index (χ1n) is 6.35. The van der Waals surface area contributed by atoms with Crippen LogP contribution < -0.4 is 14.2 Å². The van der Waals surface area contributed by atoms with Gasteiger partial charge >= 0.3 is 5.97 Å². The van der Waals surface area contributed by atoms with Crippen LogP contribution in [0.25, 0.3) is 0 Å². The molecule has 19 heavy (non-hydrogen) atoms. The van der Waals surface area contributed by atoms with E-state index in [4.69, 9.17) is 14.2 Å². The zero-order valence-corrected chi connectivity index (χ0v) is 11.1. The molecule has 3 rings (SSSR count). The van der Waals surface area contributed by atoms with Crippen LogP contribution in [0.3, 0.4) is 0 Å². The number of fused-ring (bicyclic) bond motifs is 2. The van der Waals surface area contributed by atoms with E-state index in [1.807, 2.05) is 13.8 Å². The van der Waals surface area contributed by atoms with E-state index in [9.17, 15) is 9.90 Å². The van der Waals surface area contributed by atoms with Gasteiger partial charge in [-0.3, -0.25) is 0 Å². The molecule has 2 aliphatic heterocycles. The molecule has 2 heterocycles. The maximum atomic E-state index is 11.6. The molecule has 0 saturated heterocycles. The minimum absolute atomic E-state index is 0.0399. The lowest BCUT2D eigenvalue weighted by Crippen LogP contribution is -2.09. The fourth-order valence-corrected chi connectivity index (χ4v) is 2.92. The van der Waals surface area contributed by atoms with E-state index in [1.165, 1.54) is 0 Å². The van der Waals surface area contributed by atoms with Gasteiger partial charge in [-0.15, -0.1) is 0 Å². The zero-order chi connectivity index (χ0) is 13.7. The molecule has 102 valence electrons. The molecule has 1 aromatic carbocycles. The number of carboxylic acid groups (broad SMARTS) is 1. The van der Waals surface area contributed by atoms with E-state index in [1.54, 1.807) is 7.11 Å². The Morgan fingerprint density at radius 2 is 1.74 bits per heavy atom. The lowest BCUT2D eigenvalue weighted by Gasteiger charge is -2.14. The molecular weight excluding hydrogens is 248 g/mol. The Morgan fingerprint density at radius 3 is 2.32 bits per heavy atom. The fourth-order valence-electron chi connectivity index (χ4n) is 2.92. The highest BCUT2D eigenvalue weighted by Gasteiger charge is 2.38. The third-order valence-corrected chi connectivity index (χ3v) is 3.60. The van der Waals surface area contributed by atoms with Crippen LogP contribution in [0.5, 0.6) is 17.2 Å². The summed E-state index contributed by atoms with van der Waals surface area (Å²) >= 11 is 0. The van der Waals surface area contributed by atoms with Gasteiger partial charge in [0.25, 0.3) is 0 Å². The van der Waals surface area contributed by atoms with Gasteiger partial charge < -0.3 is 19.3 Å². The number of aromatic carboxylic acids is 1. The van der Waals surface area contributed by atoms with Gasteiger partial charge in [0, 0.05) is 24.0 Å². The lowest BCUT2D eigenvalue weighted by atomic mass is 9.97. The quantitative estimate of drug-likeness (QED) is 0.885. The molecule has 0 spiro atoms. The molecule has 2 atom stereocenters. The number of ether oxygens (including phenoxy) is 3. The van der Waals surface area contributed by atoms with Crippen LogP contribution in [0.15, 0.2) is 0 Å². The molecule has 0 radical (unpaired) electrons. The SMILES string of the molecule is COc1c2c(c(C(=O)O)c3c1OC(C)C3)OC(C)C2. The summed E-state index contributed by atoms with van der Waals surface area (Å²) in [5, 5.41) is 9.47. The molecule has 0 fully saturated rings. The normalized spacial score (nSPS) is 23.3. The second-order valence-corrected chi connectivity index (χ2v) is 5.09. The van der Waals surface area contributed by atoms with Gasteiger partial charge in [-0.1, -0.05) is 0 Å². The van der Waals surface area contributed by atoms with Gasteiger partial charge in [0.15, 0.2) is 11.5 Å². The predicted molar refractivity (Wildman–Crippen MR) is 67.5 cm³/mol. The van der Waals surface area contributed by atoms with E-state index in [2.05, 4.69) is 0 Å². The molecule has 1 aromatic rings. The molecular formula is C14H16O5. The molecule has 5 heteroatoms. The van der Waals surface area contributed by atoms with Gasteiger partial charge in [0.05, 0.1) is 7.11 Å². The molecule has 2 aliphatic rings. The lowest BCUT2D eigenvalue weighted by molar-refractivity contribution is 0.0690. The van der Waals surface area contributed by atoms with Crippen molar-refractivity contribution >= 4 is 5.97 Å². The topological polar surface area (TPSA) is 65.0 Å². The Morgan fingerprint density at radius 1 is 1.16 bits per heavy atom. The molecule has 0 saturated carbocycles. The summed E-state index contributed by atoms with van der Waals surface area (Å²) in [6.45, 7) is 3.83. The highest BCUT2D eigenvalue weighted by molar-refractivity contribution is 5.96. The van der Waals surface area contributed by atoms with Crippen LogP contribution >= 0.6 is 0 Å². The van der Waals surface area contributed by atoms with Crippen molar-refractivity contribution in [3.63, 3.8) is 0 Å². The van der Waals surface area contributed by atoms with Crippen molar-refractivity contribution in [1.29, 1.82) is 0 Å². The Labute approximate surface area is 111 Å². The summed E-state index contributed by atoms with van der Waals surface area (Å²) in [6, 6.07) is 0. The first-order valence-corrected chi connectivity index (χ1v) is 6.35. The summed E-state index contributed by atoms with van der Waals surface area (Å²) in [4.78, 5) is 11.6. The van der Waals surface area contributed by atoms with Crippen LogP contribution in [0.4, 0.5) is 0 Å². The number of carboxylic acids is 1. The summed E-state index contributed by atoms with van der Waals surface area (Å²) in [5.74, 6) is 0.683. The van der Waals surface area contributed by atoms with Crippen LogP contribution in [-0.4, -0.2) is 30.4 Å². The maximum absolute atomic E-state index is 11.6. The summed E-state index contributed by atoms with van der Waals surface area (Å²) in [5.41, 5.74) is 1.73. The molecule has 0 aromatic heterocycles. The first kappa shape index (κ1) is 12.1. The summed E-state index contributed by atoms with van der Waals surface area (Å²) in [6.07, 6.45) is 1.13. The number of methoxy groups -OCH3 is 1. The molecule has 2 unspecified atom stereocenters. The smallest absolute Gasteiger partial charge is 0.339 e. The zero-order valence-electron chi connectivity index (χ0n) is 11.1. The van der Waals surface area contributed by atoms with Crippen molar-refractivity contribution < 1.29 is 24.1 Å². The van der Waals surface area contributed by atoms with Gasteiger partial charge in [-0.05, 0) is 13.8 Å². The molecule has 0 bridgehead atoms. The maximum Gasteiger partial charge on any atom is 0.339 e. The number of hydrogen-bond donors (Lipinski definition) is 1. The van der Waals surface area contributed by atoms with Gasteiger partial charge in [-0.25, -0.2) is 4.79 Å². The Balaban J connectivity index is 2.30. The van der Waals surface area contributed by atoms with Crippen molar-refractivity contribution in [3.05, 3.63) is 16.7 Å². The monoisotopic (exact) mass is 264 g/mol. The average molecular weight is 264 g/mol. The predicted octanol–water partition coefficient (Wildman–Crippen LogP) is 2.04. The Kier molecular flexibility index (Phi) is 2.59. The largest absolute Gasteiger partial charge is 0.492 e. The first-order chi connectivity index (χ1) is 9.02. The van der Waals surface area contributed by atoms with E-state index in [0.29, 0.717) is 35.7 Å². The number of benzene rings is 1. The highest BCUT2D eigenvalue weighted by atomic mass is 16.5. The van der Waals surface area contributed by atoms with E-state index in [0.717, 1.165) is 5.56 Å². The van der Waals surface area contributed by atoms with Crippen molar-refractivity contribution in [2.45, 2.75) is 38.9 Å². The molecule has 0 aliphatic carbocycles. The molecule has 5 nitrogen and oxygen atoms in total. The third-order valence-electron chi connectivity index (χ3n) is 3.60. The van der Waals surface area contributed by atoms with Crippen molar-refractivity contribution in [1.82, 2.24) is 0 Å². The summed E-state index contributed by atoms with van der Waals surface area (Å²) < 4.78 is 16.9. The van der Waals surface area contributed by atoms with Crippen molar-refractivity contribution in [2.75, 3.05) is 7.11 Å². The number of carbonyl (C=O) groups is 1.